The molecule has 4 rings (SSSR count). The summed E-state index contributed by atoms with van der Waals surface area (Å²) in [6.45, 7) is 1.47. The summed E-state index contributed by atoms with van der Waals surface area (Å²) in [7, 11) is 0. The van der Waals surface area contributed by atoms with Crippen molar-refractivity contribution in [2.24, 2.45) is 0 Å². The molecule has 1 heterocycles. The lowest BCUT2D eigenvalue weighted by Gasteiger charge is -2.25. The number of hydrazine groups is 1. The first kappa shape index (κ1) is 19.4. The van der Waals surface area contributed by atoms with Crippen molar-refractivity contribution in [3.8, 4) is 5.75 Å². The maximum Gasteiger partial charge on any atom is 0.344 e. The second-order valence-electron chi connectivity index (χ2n) is 7.00. The molecule has 1 saturated heterocycles. The van der Waals surface area contributed by atoms with Crippen LogP contribution in [0.1, 0.15) is 18.9 Å². The summed E-state index contributed by atoms with van der Waals surface area (Å²) in [6, 6.07) is 21.5. The van der Waals surface area contributed by atoms with Crippen LogP contribution in [0.4, 0.5) is 4.79 Å². The van der Waals surface area contributed by atoms with Crippen LogP contribution in [0.25, 0.3) is 10.8 Å². The van der Waals surface area contributed by atoms with Crippen LogP contribution < -0.4 is 15.5 Å². The monoisotopic (exact) mass is 403 g/mol. The highest BCUT2D eigenvalue weighted by molar-refractivity contribution is 6.08. The van der Waals surface area contributed by atoms with Crippen LogP contribution >= 0.6 is 0 Å². The number of carbonyl (C=O) groups excluding carboxylic acids is 3. The molecule has 0 aromatic heterocycles. The summed E-state index contributed by atoms with van der Waals surface area (Å²) in [6.07, 6.45) is 0.348. The molecule has 4 amide bonds. The van der Waals surface area contributed by atoms with Gasteiger partial charge >= 0.3 is 6.03 Å². The van der Waals surface area contributed by atoms with Gasteiger partial charge < -0.3 is 10.1 Å². The fourth-order valence-electron chi connectivity index (χ4n) is 3.66. The molecule has 1 aliphatic heterocycles. The number of carbonyl (C=O) groups is 3. The van der Waals surface area contributed by atoms with Crippen LogP contribution in [0.15, 0.2) is 72.8 Å². The lowest BCUT2D eigenvalue weighted by atomic mass is 9.87. The quantitative estimate of drug-likeness (QED) is 0.619. The number of imide groups is 1. The maximum atomic E-state index is 13.0. The van der Waals surface area contributed by atoms with Gasteiger partial charge in [0.1, 0.15) is 11.3 Å². The highest BCUT2D eigenvalue weighted by Crippen LogP contribution is 2.31. The summed E-state index contributed by atoms with van der Waals surface area (Å²) in [5, 5.41) is 5.30. The molecular formula is C23H21N3O4. The van der Waals surface area contributed by atoms with E-state index in [1.54, 1.807) is 37.3 Å². The second kappa shape index (κ2) is 7.87. The minimum Gasteiger partial charge on any atom is -0.483 e. The number of rotatable bonds is 6. The average Bonchev–Trinajstić information content (AvgIpc) is 3.03. The number of amides is 4. The Morgan fingerprint density at radius 1 is 1.00 bits per heavy atom. The largest absolute Gasteiger partial charge is 0.483 e. The number of urea groups is 1. The highest BCUT2D eigenvalue weighted by atomic mass is 16.5. The summed E-state index contributed by atoms with van der Waals surface area (Å²) in [4.78, 5) is 37.9. The number of fused-ring (bicyclic) bond motifs is 1. The van der Waals surface area contributed by atoms with Crippen molar-refractivity contribution in [3.63, 3.8) is 0 Å². The number of hydrogen-bond acceptors (Lipinski definition) is 4. The predicted octanol–water partition coefficient (Wildman–Crippen LogP) is 3.11. The van der Waals surface area contributed by atoms with Gasteiger partial charge in [-0.05, 0) is 23.4 Å². The summed E-state index contributed by atoms with van der Waals surface area (Å²) in [5.74, 6) is -0.584. The first-order valence-electron chi connectivity index (χ1n) is 9.67. The molecule has 30 heavy (non-hydrogen) atoms. The lowest BCUT2D eigenvalue weighted by Crippen LogP contribution is -2.49. The Balaban J connectivity index is 1.47. The number of benzene rings is 3. The van der Waals surface area contributed by atoms with Gasteiger partial charge in [0, 0.05) is 5.39 Å². The van der Waals surface area contributed by atoms with E-state index in [0.29, 0.717) is 17.7 Å². The molecule has 1 aliphatic rings. The van der Waals surface area contributed by atoms with Gasteiger partial charge in [-0.25, -0.2) is 4.79 Å². The van der Waals surface area contributed by atoms with Gasteiger partial charge in [0.2, 0.25) is 0 Å². The summed E-state index contributed by atoms with van der Waals surface area (Å²) >= 11 is 0. The molecule has 0 bridgehead atoms. The summed E-state index contributed by atoms with van der Waals surface area (Å²) in [5.41, 5.74) is 1.82. The zero-order valence-electron chi connectivity index (χ0n) is 16.4. The van der Waals surface area contributed by atoms with E-state index >= 15 is 0 Å². The SMILES string of the molecule is CC[C@]1(c2ccccc2)NC(=O)N(NC(=O)COc2cccc3ccccc23)C1=O. The second-order valence-corrected chi connectivity index (χ2v) is 7.00. The zero-order chi connectivity index (χ0) is 21.1. The van der Waals surface area contributed by atoms with Crippen molar-refractivity contribution in [2.75, 3.05) is 6.61 Å². The average molecular weight is 403 g/mol. The number of ether oxygens (including phenoxy) is 1. The van der Waals surface area contributed by atoms with Crippen LogP contribution in [0.5, 0.6) is 5.75 Å². The third kappa shape index (κ3) is 3.34. The first-order valence-corrected chi connectivity index (χ1v) is 9.67. The van der Waals surface area contributed by atoms with E-state index < -0.39 is 23.4 Å². The van der Waals surface area contributed by atoms with Gasteiger partial charge in [-0.2, -0.15) is 5.01 Å². The van der Waals surface area contributed by atoms with Crippen molar-refractivity contribution in [1.29, 1.82) is 0 Å². The van der Waals surface area contributed by atoms with E-state index in [2.05, 4.69) is 10.7 Å². The van der Waals surface area contributed by atoms with Crippen LogP contribution in [-0.4, -0.2) is 29.5 Å². The van der Waals surface area contributed by atoms with Gasteiger partial charge in [0.05, 0.1) is 0 Å². The molecule has 7 heteroatoms. The lowest BCUT2D eigenvalue weighted by molar-refractivity contribution is -0.140. The molecule has 1 atom stereocenters. The Bertz CT molecular complexity index is 1110. The van der Waals surface area contributed by atoms with E-state index in [-0.39, 0.29) is 6.61 Å². The molecule has 0 spiro atoms. The first-order chi connectivity index (χ1) is 14.5. The number of hydrogen-bond donors (Lipinski definition) is 2. The number of nitrogens with zero attached hydrogens (tertiary/aromatic N) is 1. The van der Waals surface area contributed by atoms with Gasteiger partial charge in [0.25, 0.3) is 11.8 Å². The molecule has 1 fully saturated rings. The van der Waals surface area contributed by atoms with Crippen molar-refractivity contribution >= 4 is 28.6 Å². The fraction of sp³-hybridized carbons (Fsp3) is 0.174. The molecule has 0 unspecified atom stereocenters. The smallest absolute Gasteiger partial charge is 0.344 e. The van der Waals surface area contributed by atoms with E-state index in [9.17, 15) is 14.4 Å². The molecule has 0 radical (unpaired) electrons. The molecule has 2 N–H and O–H groups in total. The molecule has 0 aliphatic carbocycles. The third-order valence-corrected chi connectivity index (χ3v) is 5.23. The molecule has 0 saturated carbocycles. The van der Waals surface area contributed by atoms with Crippen LogP contribution in [0.3, 0.4) is 0 Å². The van der Waals surface area contributed by atoms with Gasteiger partial charge in [-0.1, -0.05) is 73.7 Å². The van der Waals surface area contributed by atoms with E-state index in [1.165, 1.54) is 0 Å². The Hall–Kier alpha value is -3.87. The normalized spacial score (nSPS) is 18.4. The minimum atomic E-state index is -1.21. The minimum absolute atomic E-state index is 0.338. The van der Waals surface area contributed by atoms with Crippen molar-refractivity contribution in [1.82, 2.24) is 15.8 Å². The highest BCUT2D eigenvalue weighted by Gasteiger charge is 2.52. The zero-order valence-corrected chi connectivity index (χ0v) is 16.4. The Morgan fingerprint density at radius 3 is 2.47 bits per heavy atom. The van der Waals surface area contributed by atoms with Crippen molar-refractivity contribution < 1.29 is 19.1 Å². The third-order valence-electron chi connectivity index (χ3n) is 5.23. The van der Waals surface area contributed by atoms with Crippen molar-refractivity contribution in [3.05, 3.63) is 78.4 Å². The van der Waals surface area contributed by atoms with Gasteiger partial charge in [-0.3, -0.25) is 15.0 Å². The fourth-order valence-corrected chi connectivity index (χ4v) is 3.66. The molecule has 3 aromatic carbocycles. The van der Waals surface area contributed by atoms with E-state index in [0.717, 1.165) is 15.8 Å². The van der Waals surface area contributed by atoms with E-state index in [1.807, 2.05) is 42.5 Å². The standard InChI is InChI=1S/C23H21N3O4/c1-2-23(17-11-4-3-5-12-17)21(28)26(22(29)24-23)25-20(27)15-30-19-14-8-10-16-9-6-7-13-18(16)19/h3-14H,2,15H2,1H3,(H,24,29)(H,25,27)/t23-/m1/s1. The molecule has 152 valence electrons. The van der Waals surface area contributed by atoms with Crippen molar-refractivity contribution in [2.45, 2.75) is 18.9 Å². The topological polar surface area (TPSA) is 87.7 Å². The maximum absolute atomic E-state index is 13.0. The predicted molar refractivity (Wildman–Crippen MR) is 111 cm³/mol. The number of nitrogens with one attached hydrogen (secondary N) is 2. The summed E-state index contributed by atoms with van der Waals surface area (Å²) < 4.78 is 5.64. The van der Waals surface area contributed by atoms with E-state index in [4.69, 9.17) is 4.74 Å². The van der Waals surface area contributed by atoms with Gasteiger partial charge in [-0.15, -0.1) is 0 Å². The molecule has 7 nitrogen and oxygen atoms in total. The Morgan fingerprint density at radius 2 is 1.70 bits per heavy atom. The molecular weight excluding hydrogens is 382 g/mol. The Labute approximate surface area is 173 Å². The van der Waals surface area contributed by atoms with Crippen LogP contribution in [0.2, 0.25) is 0 Å². The van der Waals surface area contributed by atoms with Gasteiger partial charge in [0.15, 0.2) is 6.61 Å². The van der Waals surface area contributed by atoms with Crippen LogP contribution in [-0.2, 0) is 15.1 Å². The Kier molecular flexibility index (Phi) is 5.10. The molecule has 3 aromatic rings. The van der Waals surface area contributed by atoms with Crippen LogP contribution in [0, 0.1) is 0 Å².